The molecule has 7 nitrogen and oxygen atoms in total. The summed E-state index contributed by atoms with van der Waals surface area (Å²) < 4.78 is 1.94. The highest BCUT2D eigenvalue weighted by molar-refractivity contribution is 5.85. The van der Waals surface area contributed by atoms with Gasteiger partial charge in [0.25, 0.3) is 0 Å². The van der Waals surface area contributed by atoms with Crippen LogP contribution in [0.15, 0.2) is 61.3 Å². The van der Waals surface area contributed by atoms with Crippen molar-refractivity contribution >= 4 is 22.3 Å². The van der Waals surface area contributed by atoms with E-state index in [0.29, 0.717) is 6.04 Å². The molecule has 31 heavy (non-hydrogen) atoms. The molecule has 0 bridgehead atoms. The molecular formula is C24H29N7. The summed E-state index contributed by atoms with van der Waals surface area (Å²) in [6.07, 6.45) is 7.84. The molecule has 4 aromatic rings. The molecule has 0 saturated carbocycles. The Balaban J connectivity index is 1.19. The summed E-state index contributed by atoms with van der Waals surface area (Å²) in [5.74, 6) is 0. The van der Waals surface area contributed by atoms with Gasteiger partial charge < -0.3 is 15.6 Å². The fourth-order valence-corrected chi connectivity index (χ4v) is 4.59. The van der Waals surface area contributed by atoms with Gasteiger partial charge >= 0.3 is 0 Å². The van der Waals surface area contributed by atoms with Gasteiger partial charge in [-0.1, -0.05) is 0 Å². The predicted molar refractivity (Wildman–Crippen MR) is 126 cm³/mol. The maximum Gasteiger partial charge on any atom is 0.123 e. The van der Waals surface area contributed by atoms with Crippen LogP contribution in [-0.4, -0.2) is 56.9 Å². The third-order valence-corrected chi connectivity index (χ3v) is 6.38. The summed E-state index contributed by atoms with van der Waals surface area (Å²) in [4.78, 5) is 8.50. The van der Waals surface area contributed by atoms with Crippen LogP contribution in [0.4, 0.5) is 11.4 Å². The molecule has 0 amide bonds. The smallest absolute Gasteiger partial charge is 0.123 e. The Hall–Kier alpha value is -3.32. The average molecular weight is 416 g/mol. The summed E-state index contributed by atoms with van der Waals surface area (Å²) in [5.41, 5.74) is 11.6. The van der Waals surface area contributed by atoms with E-state index in [1.807, 2.05) is 16.7 Å². The lowest BCUT2D eigenvalue weighted by Gasteiger charge is -2.41. The van der Waals surface area contributed by atoms with Crippen LogP contribution in [0.3, 0.4) is 0 Å². The zero-order chi connectivity index (χ0) is 21.2. The standard InChI is InChI=1S/C24H29N7/c1-18-15-30(21-6-4-20(25)5-7-21)12-11-29(18)10-2-3-19-14-26-24-9-8-22(13-23(19)24)31-16-27-28-17-31/h4-9,13-14,16-18,26H,2-3,10-12,15,25H2,1H3. The van der Waals surface area contributed by atoms with Gasteiger partial charge in [-0.2, -0.15) is 0 Å². The average Bonchev–Trinajstić information content (AvgIpc) is 3.45. The fraction of sp³-hybridized carbons (Fsp3) is 0.333. The Labute approximate surface area is 182 Å². The van der Waals surface area contributed by atoms with Crippen molar-refractivity contribution in [1.82, 2.24) is 24.6 Å². The van der Waals surface area contributed by atoms with Crippen molar-refractivity contribution in [1.29, 1.82) is 0 Å². The Morgan fingerprint density at radius 2 is 1.81 bits per heavy atom. The first-order valence-corrected chi connectivity index (χ1v) is 11.0. The van der Waals surface area contributed by atoms with E-state index in [4.69, 9.17) is 5.73 Å². The lowest BCUT2D eigenvalue weighted by atomic mass is 10.1. The maximum absolute atomic E-state index is 5.83. The highest BCUT2D eigenvalue weighted by Crippen LogP contribution is 2.24. The molecule has 7 heteroatoms. The molecule has 160 valence electrons. The first kappa shape index (κ1) is 19.6. The number of anilines is 2. The number of hydrogen-bond acceptors (Lipinski definition) is 5. The molecule has 1 aliphatic rings. The number of piperazine rings is 1. The summed E-state index contributed by atoms with van der Waals surface area (Å²) in [6.45, 7) is 6.66. The van der Waals surface area contributed by atoms with Crippen LogP contribution in [-0.2, 0) is 6.42 Å². The van der Waals surface area contributed by atoms with Crippen molar-refractivity contribution in [2.75, 3.05) is 36.8 Å². The highest BCUT2D eigenvalue weighted by atomic mass is 15.3. The largest absolute Gasteiger partial charge is 0.399 e. The van der Waals surface area contributed by atoms with E-state index < -0.39 is 0 Å². The summed E-state index contributed by atoms with van der Waals surface area (Å²) in [6, 6.07) is 15.2. The van der Waals surface area contributed by atoms with Crippen LogP contribution >= 0.6 is 0 Å². The number of rotatable bonds is 6. The molecule has 2 aromatic carbocycles. The molecule has 5 rings (SSSR count). The fourth-order valence-electron chi connectivity index (χ4n) is 4.59. The number of aromatic amines is 1. The van der Waals surface area contributed by atoms with E-state index in [2.05, 4.69) is 68.4 Å². The molecule has 0 aliphatic carbocycles. The Kier molecular flexibility index (Phi) is 5.34. The Morgan fingerprint density at radius 3 is 2.58 bits per heavy atom. The topological polar surface area (TPSA) is 79.0 Å². The normalized spacial score (nSPS) is 17.5. The van der Waals surface area contributed by atoms with Crippen molar-refractivity contribution in [2.24, 2.45) is 0 Å². The molecule has 1 aliphatic heterocycles. The molecule has 1 atom stereocenters. The lowest BCUT2D eigenvalue weighted by molar-refractivity contribution is 0.187. The van der Waals surface area contributed by atoms with Gasteiger partial charge in [0, 0.05) is 59.8 Å². The van der Waals surface area contributed by atoms with Crippen molar-refractivity contribution in [2.45, 2.75) is 25.8 Å². The van der Waals surface area contributed by atoms with Gasteiger partial charge in [0.05, 0.1) is 0 Å². The summed E-state index contributed by atoms with van der Waals surface area (Å²) in [5, 5.41) is 9.12. The van der Waals surface area contributed by atoms with E-state index in [-0.39, 0.29) is 0 Å². The van der Waals surface area contributed by atoms with Crippen LogP contribution < -0.4 is 10.6 Å². The molecule has 0 radical (unpaired) electrons. The molecule has 1 saturated heterocycles. The number of H-pyrrole nitrogens is 1. The molecule has 1 fully saturated rings. The van der Waals surface area contributed by atoms with Crippen LogP contribution in [0.5, 0.6) is 0 Å². The van der Waals surface area contributed by atoms with Crippen molar-refractivity contribution in [3.8, 4) is 5.69 Å². The van der Waals surface area contributed by atoms with Gasteiger partial charge in [-0.05, 0) is 74.3 Å². The van der Waals surface area contributed by atoms with E-state index in [1.54, 1.807) is 12.7 Å². The van der Waals surface area contributed by atoms with Crippen LogP contribution in [0.25, 0.3) is 16.6 Å². The van der Waals surface area contributed by atoms with Gasteiger partial charge in [0.15, 0.2) is 0 Å². The molecule has 0 spiro atoms. The molecule has 3 heterocycles. The summed E-state index contributed by atoms with van der Waals surface area (Å²) in [7, 11) is 0. The second-order valence-corrected chi connectivity index (χ2v) is 8.44. The predicted octanol–water partition coefficient (Wildman–Crippen LogP) is 3.47. The van der Waals surface area contributed by atoms with Crippen LogP contribution in [0, 0.1) is 0 Å². The van der Waals surface area contributed by atoms with Gasteiger partial charge in [0.2, 0.25) is 0 Å². The zero-order valence-electron chi connectivity index (χ0n) is 17.9. The minimum absolute atomic E-state index is 0.537. The minimum atomic E-state index is 0.537. The van der Waals surface area contributed by atoms with Gasteiger partial charge in [-0.3, -0.25) is 9.47 Å². The second kappa shape index (κ2) is 8.43. The number of nitrogens with two attached hydrogens (primary N) is 1. The lowest BCUT2D eigenvalue weighted by Crippen LogP contribution is -2.52. The first-order chi connectivity index (χ1) is 15.2. The second-order valence-electron chi connectivity index (χ2n) is 8.44. The van der Waals surface area contributed by atoms with Crippen LogP contribution in [0.1, 0.15) is 18.9 Å². The number of fused-ring (bicyclic) bond motifs is 1. The molecule has 2 aromatic heterocycles. The SMILES string of the molecule is CC1CN(c2ccc(N)cc2)CCN1CCCc1c[nH]c2ccc(-n3cnnc3)cc12. The highest BCUT2D eigenvalue weighted by Gasteiger charge is 2.23. The molecular weight excluding hydrogens is 386 g/mol. The Morgan fingerprint density at radius 1 is 1.03 bits per heavy atom. The number of nitrogens with one attached hydrogen (secondary N) is 1. The zero-order valence-corrected chi connectivity index (χ0v) is 17.9. The third kappa shape index (κ3) is 4.14. The third-order valence-electron chi connectivity index (χ3n) is 6.38. The van der Waals surface area contributed by atoms with Gasteiger partial charge in [0.1, 0.15) is 12.7 Å². The van der Waals surface area contributed by atoms with Gasteiger partial charge in [-0.25, -0.2) is 0 Å². The van der Waals surface area contributed by atoms with Crippen molar-refractivity contribution < 1.29 is 0 Å². The van der Waals surface area contributed by atoms with Crippen molar-refractivity contribution in [3.63, 3.8) is 0 Å². The monoisotopic (exact) mass is 415 g/mol. The van der Waals surface area contributed by atoms with Gasteiger partial charge in [-0.15, -0.1) is 10.2 Å². The maximum atomic E-state index is 5.83. The number of benzene rings is 2. The number of nitrogens with zero attached hydrogens (tertiary/aromatic N) is 5. The van der Waals surface area contributed by atoms with E-state index >= 15 is 0 Å². The quantitative estimate of drug-likeness (QED) is 0.472. The number of nitrogen functional groups attached to an aromatic ring is 1. The minimum Gasteiger partial charge on any atom is -0.399 e. The van der Waals surface area contributed by atoms with E-state index in [0.717, 1.165) is 50.4 Å². The first-order valence-electron chi connectivity index (χ1n) is 11.0. The number of aromatic nitrogens is 4. The van der Waals surface area contributed by atoms with Crippen molar-refractivity contribution in [3.05, 3.63) is 66.9 Å². The number of aryl methyl sites for hydroxylation is 1. The number of hydrogen-bond donors (Lipinski definition) is 2. The molecule has 1 unspecified atom stereocenters. The van der Waals surface area contributed by atoms with E-state index in [1.165, 1.54) is 22.2 Å². The molecule has 3 N–H and O–H groups in total. The Bertz CT molecular complexity index is 1130. The summed E-state index contributed by atoms with van der Waals surface area (Å²) >= 11 is 0. The van der Waals surface area contributed by atoms with E-state index in [9.17, 15) is 0 Å². The van der Waals surface area contributed by atoms with Crippen LogP contribution in [0.2, 0.25) is 0 Å².